The topological polar surface area (TPSA) is 54.0 Å². The quantitative estimate of drug-likeness (QED) is 0.557. The van der Waals surface area contributed by atoms with E-state index in [0.29, 0.717) is 29.5 Å². The van der Waals surface area contributed by atoms with Crippen LogP contribution in [0.15, 0.2) is 54.6 Å². The lowest BCUT2D eigenvalue weighted by Gasteiger charge is -2.18. The Kier molecular flexibility index (Phi) is 6.56. The Balaban J connectivity index is 1.88. The van der Waals surface area contributed by atoms with Gasteiger partial charge >= 0.3 is 6.16 Å². The second-order valence-electron chi connectivity index (χ2n) is 4.52. The molecule has 0 bridgehead atoms. The number of para-hydroxylation sites is 1. The van der Waals surface area contributed by atoms with Crippen LogP contribution in [0.2, 0.25) is 5.02 Å². The molecule has 2 rings (SSSR count). The lowest BCUT2D eigenvalue weighted by molar-refractivity contribution is -0.0675. The van der Waals surface area contributed by atoms with E-state index in [0.717, 1.165) is 0 Å². The molecule has 0 aliphatic heterocycles. The summed E-state index contributed by atoms with van der Waals surface area (Å²) in [4.78, 5) is 11.3. The number of rotatable bonds is 7. The maximum absolute atomic E-state index is 11.3. The lowest BCUT2D eigenvalue weighted by Crippen LogP contribution is -2.26. The van der Waals surface area contributed by atoms with Gasteiger partial charge in [-0.15, -0.1) is 0 Å². The number of hydrogen-bond donors (Lipinski definition) is 0. The van der Waals surface area contributed by atoms with E-state index < -0.39 is 12.4 Å². The molecule has 23 heavy (non-hydrogen) atoms. The molecular formula is C17H17ClO5. The minimum Gasteiger partial charge on any atom is -0.493 e. The summed E-state index contributed by atoms with van der Waals surface area (Å²) in [5, 5.41) is 0.636. The molecule has 2 aromatic rings. The van der Waals surface area contributed by atoms with E-state index in [1.54, 1.807) is 36.4 Å². The fourth-order valence-electron chi connectivity index (χ4n) is 1.75. The van der Waals surface area contributed by atoms with E-state index >= 15 is 0 Å². The van der Waals surface area contributed by atoms with Crippen molar-refractivity contribution < 1.29 is 23.7 Å². The van der Waals surface area contributed by atoms with Crippen LogP contribution in [0.25, 0.3) is 0 Å². The Labute approximate surface area is 139 Å². The summed E-state index contributed by atoms with van der Waals surface area (Å²) < 4.78 is 20.8. The fourth-order valence-corrected chi connectivity index (χ4v) is 1.88. The van der Waals surface area contributed by atoms with Gasteiger partial charge < -0.3 is 18.9 Å². The van der Waals surface area contributed by atoms with Crippen molar-refractivity contribution >= 4 is 17.8 Å². The molecule has 2 aromatic carbocycles. The van der Waals surface area contributed by atoms with Crippen molar-refractivity contribution in [2.45, 2.75) is 12.7 Å². The van der Waals surface area contributed by atoms with Gasteiger partial charge in [0.05, 0.1) is 20.1 Å². The van der Waals surface area contributed by atoms with E-state index in [1.807, 2.05) is 18.2 Å². The summed E-state index contributed by atoms with van der Waals surface area (Å²) >= 11 is 5.81. The molecule has 0 spiro atoms. The Bertz CT molecular complexity index is 600. The van der Waals surface area contributed by atoms with Crippen molar-refractivity contribution in [1.29, 1.82) is 0 Å². The highest BCUT2D eigenvalue weighted by Crippen LogP contribution is 2.17. The van der Waals surface area contributed by atoms with Crippen LogP contribution >= 0.6 is 11.6 Å². The van der Waals surface area contributed by atoms with Gasteiger partial charge in [-0.1, -0.05) is 29.8 Å². The molecule has 0 radical (unpaired) electrons. The Hall–Kier alpha value is -2.40. The molecule has 6 heteroatoms. The molecule has 0 aromatic heterocycles. The maximum atomic E-state index is 11.3. The van der Waals surface area contributed by atoms with Gasteiger partial charge in [0.2, 0.25) is 0 Å². The van der Waals surface area contributed by atoms with Crippen LogP contribution in [0.3, 0.4) is 0 Å². The summed E-state index contributed by atoms with van der Waals surface area (Å²) in [6.07, 6.45) is -1.28. The summed E-state index contributed by atoms with van der Waals surface area (Å²) in [5.74, 6) is 1.26. The average Bonchev–Trinajstić information content (AvgIpc) is 2.57. The van der Waals surface area contributed by atoms with Crippen LogP contribution in [0, 0.1) is 0 Å². The van der Waals surface area contributed by atoms with Crippen molar-refractivity contribution in [2.24, 2.45) is 0 Å². The fraction of sp³-hybridized carbons (Fsp3) is 0.235. The summed E-state index contributed by atoms with van der Waals surface area (Å²) in [6, 6.07) is 16.1. The molecule has 0 heterocycles. The third-order valence-corrected chi connectivity index (χ3v) is 3.09. The second kappa shape index (κ2) is 8.90. The Morgan fingerprint density at radius 3 is 2.39 bits per heavy atom. The normalized spacial score (nSPS) is 11.4. The zero-order valence-corrected chi connectivity index (χ0v) is 13.4. The molecule has 0 saturated carbocycles. The number of halogens is 1. The molecule has 0 saturated heterocycles. The minimum absolute atomic E-state index is 0.302. The smallest absolute Gasteiger partial charge is 0.493 e. The van der Waals surface area contributed by atoms with Crippen LogP contribution in [0.4, 0.5) is 4.79 Å². The third-order valence-electron chi connectivity index (χ3n) is 2.84. The van der Waals surface area contributed by atoms with Gasteiger partial charge in [0.15, 0.2) is 0 Å². The van der Waals surface area contributed by atoms with Gasteiger partial charge in [-0.2, -0.15) is 0 Å². The van der Waals surface area contributed by atoms with E-state index in [4.69, 9.17) is 25.8 Å². The molecule has 0 N–H and O–H groups in total. The number of carbonyl (C=O) groups excluding carboxylic acids is 1. The minimum atomic E-state index is -0.808. The van der Waals surface area contributed by atoms with Crippen molar-refractivity contribution in [1.82, 2.24) is 0 Å². The van der Waals surface area contributed by atoms with E-state index in [-0.39, 0.29) is 0 Å². The first kappa shape index (κ1) is 17.0. The zero-order valence-electron chi connectivity index (χ0n) is 12.6. The first-order valence-corrected chi connectivity index (χ1v) is 7.40. The number of methoxy groups -OCH3 is 1. The monoisotopic (exact) mass is 336 g/mol. The van der Waals surface area contributed by atoms with E-state index in [1.165, 1.54) is 7.11 Å². The Morgan fingerprint density at radius 2 is 1.74 bits per heavy atom. The molecule has 1 atom stereocenters. The molecule has 5 nitrogen and oxygen atoms in total. The highest BCUT2D eigenvalue weighted by Gasteiger charge is 2.17. The summed E-state index contributed by atoms with van der Waals surface area (Å²) in [6.45, 7) is 0.302. The standard InChI is InChI=1S/C17H17ClO5/c1-20-17(19)23-16(22-15-5-3-2-4-6-15)11-12-21-14-9-7-13(18)8-10-14/h2-10,16H,11-12H2,1H3. The number of ether oxygens (including phenoxy) is 4. The first-order valence-electron chi connectivity index (χ1n) is 7.02. The van der Waals surface area contributed by atoms with Crippen molar-refractivity contribution in [3.05, 3.63) is 59.6 Å². The van der Waals surface area contributed by atoms with Crippen LogP contribution < -0.4 is 9.47 Å². The first-order chi connectivity index (χ1) is 11.2. The predicted octanol–water partition coefficient (Wildman–Crippen LogP) is 4.30. The van der Waals surface area contributed by atoms with E-state index in [2.05, 4.69) is 4.74 Å². The van der Waals surface area contributed by atoms with Gasteiger partial charge in [0.25, 0.3) is 6.29 Å². The summed E-state index contributed by atoms with van der Waals surface area (Å²) in [7, 11) is 1.24. The predicted molar refractivity (Wildman–Crippen MR) is 85.9 cm³/mol. The maximum Gasteiger partial charge on any atom is 0.511 e. The lowest BCUT2D eigenvalue weighted by atomic mass is 10.3. The number of hydrogen-bond acceptors (Lipinski definition) is 5. The molecule has 0 aliphatic carbocycles. The highest BCUT2D eigenvalue weighted by atomic mass is 35.5. The van der Waals surface area contributed by atoms with Crippen molar-refractivity contribution in [3.63, 3.8) is 0 Å². The average molecular weight is 337 g/mol. The molecule has 1 unspecified atom stereocenters. The SMILES string of the molecule is COC(=O)OC(CCOc1ccc(Cl)cc1)Oc1ccccc1. The van der Waals surface area contributed by atoms with Gasteiger partial charge in [-0.3, -0.25) is 0 Å². The zero-order chi connectivity index (χ0) is 16.5. The van der Waals surface area contributed by atoms with Crippen LogP contribution in [-0.4, -0.2) is 26.2 Å². The number of carbonyl (C=O) groups is 1. The third kappa shape index (κ3) is 6.08. The molecule has 0 fully saturated rings. The number of benzene rings is 2. The van der Waals surface area contributed by atoms with Crippen molar-refractivity contribution in [2.75, 3.05) is 13.7 Å². The molecule has 0 amide bonds. The van der Waals surface area contributed by atoms with Gasteiger partial charge in [0.1, 0.15) is 11.5 Å². The second-order valence-corrected chi connectivity index (χ2v) is 4.96. The highest BCUT2D eigenvalue weighted by molar-refractivity contribution is 6.30. The largest absolute Gasteiger partial charge is 0.511 e. The van der Waals surface area contributed by atoms with Gasteiger partial charge in [-0.05, 0) is 36.4 Å². The van der Waals surface area contributed by atoms with Gasteiger partial charge in [-0.25, -0.2) is 4.79 Å². The molecule has 0 aliphatic rings. The Morgan fingerprint density at radius 1 is 1.04 bits per heavy atom. The van der Waals surface area contributed by atoms with Crippen LogP contribution in [0.5, 0.6) is 11.5 Å². The van der Waals surface area contributed by atoms with Crippen molar-refractivity contribution in [3.8, 4) is 11.5 Å². The van der Waals surface area contributed by atoms with Crippen LogP contribution in [-0.2, 0) is 9.47 Å². The van der Waals surface area contributed by atoms with Crippen LogP contribution in [0.1, 0.15) is 6.42 Å². The van der Waals surface area contributed by atoms with E-state index in [9.17, 15) is 4.79 Å². The molecule has 122 valence electrons. The van der Waals surface area contributed by atoms with Gasteiger partial charge in [0, 0.05) is 5.02 Å². The summed E-state index contributed by atoms with van der Waals surface area (Å²) in [5.41, 5.74) is 0. The molecular weight excluding hydrogens is 320 g/mol.